The fourth-order valence-electron chi connectivity index (χ4n) is 1.92. The van der Waals surface area contributed by atoms with Crippen LogP contribution in [0.25, 0.3) is 0 Å². The first kappa shape index (κ1) is 13.3. The first-order chi connectivity index (χ1) is 8.49. The smallest absolute Gasteiger partial charge is 0.355 e. The van der Waals surface area contributed by atoms with E-state index in [0.717, 1.165) is 23.0 Å². The van der Waals surface area contributed by atoms with Crippen molar-refractivity contribution in [3.8, 4) is 0 Å². The monoisotopic (exact) mass is 268 g/mol. The maximum atomic E-state index is 11.0. The van der Waals surface area contributed by atoms with Gasteiger partial charge in [-0.05, 0) is 32.1 Å². The minimum atomic E-state index is -0.922. The number of hydrogen-bond acceptors (Lipinski definition) is 4. The molecule has 4 nitrogen and oxygen atoms in total. The van der Waals surface area contributed by atoms with Crippen LogP contribution in [0.15, 0.2) is 0 Å². The van der Waals surface area contributed by atoms with Gasteiger partial charge in [0.15, 0.2) is 10.8 Å². The molecule has 0 unspecified atom stereocenters. The van der Waals surface area contributed by atoms with E-state index >= 15 is 0 Å². The predicted molar refractivity (Wildman–Crippen MR) is 73.6 cm³/mol. The lowest BCUT2D eigenvalue weighted by Gasteiger charge is -2.22. The minimum Gasteiger partial charge on any atom is -0.476 e. The van der Waals surface area contributed by atoms with E-state index in [4.69, 9.17) is 5.11 Å². The zero-order valence-electron chi connectivity index (χ0n) is 11.1. The number of rotatable bonds is 6. The van der Waals surface area contributed by atoms with Gasteiger partial charge in [-0.25, -0.2) is 9.78 Å². The van der Waals surface area contributed by atoms with E-state index < -0.39 is 5.97 Å². The molecule has 1 N–H and O–H groups in total. The Balaban J connectivity index is 2.15. The summed E-state index contributed by atoms with van der Waals surface area (Å²) < 4.78 is 0. The second-order valence-corrected chi connectivity index (χ2v) is 6.50. The average molecular weight is 268 g/mol. The number of hydrogen-bond donors (Lipinski definition) is 1. The van der Waals surface area contributed by atoms with Gasteiger partial charge in [0, 0.05) is 17.5 Å². The molecule has 18 heavy (non-hydrogen) atoms. The summed E-state index contributed by atoms with van der Waals surface area (Å²) in [6.07, 6.45) is 3.54. The minimum absolute atomic E-state index is 0.213. The first-order valence-corrected chi connectivity index (χ1v) is 7.28. The lowest BCUT2D eigenvalue weighted by atomic mass is 10.1. The summed E-state index contributed by atoms with van der Waals surface area (Å²) in [4.78, 5) is 18.4. The maximum Gasteiger partial charge on any atom is 0.355 e. The number of carboxylic acids is 1. The number of nitrogens with zero attached hydrogens (tertiary/aromatic N) is 2. The Morgan fingerprint density at radius 3 is 2.67 bits per heavy atom. The number of aromatic carboxylic acids is 1. The lowest BCUT2D eigenvalue weighted by Crippen LogP contribution is -2.27. The molecule has 1 aromatic rings. The van der Waals surface area contributed by atoms with Crippen LogP contribution in [0.2, 0.25) is 0 Å². The summed E-state index contributed by atoms with van der Waals surface area (Å²) in [5.41, 5.74) is 0.213. The van der Waals surface area contributed by atoms with Crippen LogP contribution in [0.3, 0.4) is 0 Å². The molecule has 0 bridgehead atoms. The quantitative estimate of drug-likeness (QED) is 0.861. The highest BCUT2D eigenvalue weighted by Gasteiger charge is 2.31. The van der Waals surface area contributed by atoms with Crippen LogP contribution in [-0.4, -0.2) is 28.6 Å². The Hall–Kier alpha value is -1.10. The largest absolute Gasteiger partial charge is 0.476 e. The molecule has 1 aromatic heterocycles. The molecule has 0 atom stereocenters. The van der Waals surface area contributed by atoms with E-state index in [1.165, 1.54) is 24.2 Å². The summed E-state index contributed by atoms with van der Waals surface area (Å²) in [6.45, 7) is 7.23. The van der Waals surface area contributed by atoms with Crippen molar-refractivity contribution in [3.05, 3.63) is 10.6 Å². The van der Waals surface area contributed by atoms with Crippen LogP contribution >= 0.6 is 11.3 Å². The van der Waals surface area contributed by atoms with Crippen molar-refractivity contribution in [2.75, 3.05) is 11.4 Å². The van der Waals surface area contributed by atoms with Crippen LogP contribution in [0, 0.1) is 12.8 Å². The van der Waals surface area contributed by atoms with Gasteiger partial charge >= 0.3 is 5.97 Å². The van der Waals surface area contributed by atoms with Gasteiger partial charge in [0.05, 0.1) is 0 Å². The number of anilines is 1. The third-order valence-electron chi connectivity index (χ3n) is 3.17. The molecule has 0 spiro atoms. The maximum absolute atomic E-state index is 11.0. The van der Waals surface area contributed by atoms with Crippen LogP contribution in [-0.2, 0) is 0 Å². The van der Waals surface area contributed by atoms with Gasteiger partial charge in [-0.2, -0.15) is 0 Å². The van der Waals surface area contributed by atoms with E-state index in [1.54, 1.807) is 0 Å². The molecule has 0 aliphatic heterocycles. The first-order valence-electron chi connectivity index (χ1n) is 6.46. The van der Waals surface area contributed by atoms with Crippen LogP contribution in [0.1, 0.15) is 48.5 Å². The van der Waals surface area contributed by atoms with Gasteiger partial charge in [-0.1, -0.05) is 13.8 Å². The predicted octanol–water partition coefficient (Wildman–Crippen LogP) is 3.16. The summed E-state index contributed by atoms with van der Waals surface area (Å²) in [5, 5.41) is 9.94. The molecule has 1 heterocycles. The van der Waals surface area contributed by atoms with Crippen molar-refractivity contribution >= 4 is 22.4 Å². The Morgan fingerprint density at radius 1 is 1.56 bits per heavy atom. The van der Waals surface area contributed by atoms with E-state index in [0.29, 0.717) is 12.0 Å². The lowest BCUT2D eigenvalue weighted by molar-refractivity contribution is 0.0690. The molecule has 1 aliphatic rings. The van der Waals surface area contributed by atoms with Gasteiger partial charge in [0.2, 0.25) is 0 Å². The van der Waals surface area contributed by atoms with Crippen molar-refractivity contribution < 1.29 is 9.90 Å². The Labute approximate surface area is 112 Å². The van der Waals surface area contributed by atoms with Gasteiger partial charge in [0.25, 0.3) is 0 Å². The number of carboxylic acid groups (broad SMARTS) is 1. The summed E-state index contributed by atoms with van der Waals surface area (Å²) >= 11 is 1.50. The number of thiazole rings is 1. The molecule has 1 fully saturated rings. The summed E-state index contributed by atoms with van der Waals surface area (Å²) in [6, 6.07) is 0.580. The van der Waals surface area contributed by atoms with Gasteiger partial charge in [0.1, 0.15) is 0 Å². The fraction of sp³-hybridized carbons (Fsp3) is 0.692. The van der Waals surface area contributed by atoms with Crippen molar-refractivity contribution in [3.63, 3.8) is 0 Å². The molecule has 0 amide bonds. The van der Waals surface area contributed by atoms with Crippen molar-refractivity contribution in [1.29, 1.82) is 0 Å². The zero-order valence-corrected chi connectivity index (χ0v) is 12.0. The van der Waals surface area contributed by atoms with E-state index in [-0.39, 0.29) is 5.69 Å². The summed E-state index contributed by atoms with van der Waals surface area (Å²) in [7, 11) is 0. The van der Waals surface area contributed by atoms with Crippen LogP contribution in [0.4, 0.5) is 5.13 Å². The van der Waals surface area contributed by atoms with Crippen molar-refractivity contribution in [2.45, 2.75) is 46.1 Å². The molecule has 0 saturated heterocycles. The van der Waals surface area contributed by atoms with Gasteiger partial charge < -0.3 is 10.0 Å². The van der Waals surface area contributed by atoms with Crippen molar-refractivity contribution in [1.82, 2.24) is 4.98 Å². The van der Waals surface area contributed by atoms with Gasteiger partial charge in [-0.3, -0.25) is 0 Å². The molecular weight excluding hydrogens is 248 g/mol. The van der Waals surface area contributed by atoms with E-state index in [9.17, 15) is 4.79 Å². The second-order valence-electron chi connectivity index (χ2n) is 5.31. The molecule has 2 rings (SSSR count). The molecule has 0 radical (unpaired) electrons. The number of carbonyl (C=O) groups is 1. The van der Waals surface area contributed by atoms with Crippen LogP contribution < -0.4 is 4.90 Å². The Kier molecular flexibility index (Phi) is 3.90. The van der Waals surface area contributed by atoms with E-state index in [1.807, 2.05) is 6.92 Å². The van der Waals surface area contributed by atoms with Crippen molar-refractivity contribution in [2.24, 2.45) is 5.92 Å². The number of aromatic nitrogens is 1. The topological polar surface area (TPSA) is 53.4 Å². The fourth-order valence-corrected chi connectivity index (χ4v) is 2.92. The number of aryl methyl sites for hydroxylation is 1. The Bertz CT molecular complexity index is 438. The van der Waals surface area contributed by atoms with Gasteiger partial charge in [-0.15, -0.1) is 11.3 Å². The van der Waals surface area contributed by atoms with Crippen LogP contribution in [0.5, 0.6) is 0 Å². The third kappa shape index (κ3) is 3.02. The molecule has 100 valence electrons. The highest BCUT2D eigenvalue weighted by atomic mass is 32.1. The summed E-state index contributed by atoms with van der Waals surface area (Å²) in [5.74, 6) is -0.263. The third-order valence-corrected chi connectivity index (χ3v) is 4.18. The zero-order chi connectivity index (χ0) is 13.3. The molecule has 1 saturated carbocycles. The highest BCUT2D eigenvalue weighted by Crippen LogP contribution is 2.35. The normalized spacial score (nSPS) is 15.1. The molecule has 1 aliphatic carbocycles. The van der Waals surface area contributed by atoms with E-state index in [2.05, 4.69) is 23.7 Å². The molecule has 5 heteroatoms. The molecule has 0 aromatic carbocycles. The highest BCUT2D eigenvalue weighted by molar-refractivity contribution is 7.15. The molecular formula is C13H20N2O2S. The standard InChI is InChI=1S/C13H20N2O2S/c1-8(2)6-7-15(10-4-5-10)13-14-11(12(16)17)9(3)18-13/h8,10H,4-7H2,1-3H3,(H,16,17). The second kappa shape index (κ2) is 5.26. The SMILES string of the molecule is Cc1sc(N(CCC(C)C)C2CC2)nc1C(=O)O. The Morgan fingerprint density at radius 2 is 2.22 bits per heavy atom. The average Bonchev–Trinajstić information content (AvgIpc) is 3.02.